The van der Waals surface area contributed by atoms with E-state index in [9.17, 15) is 23.1 Å². The van der Waals surface area contributed by atoms with Crippen molar-refractivity contribution in [1.29, 1.82) is 0 Å². The number of carbonyl (C=O) groups is 1. The lowest BCUT2D eigenvalue weighted by molar-refractivity contribution is -0.138. The van der Waals surface area contributed by atoms with Crippen molar-refractivity contribution in [3.8, 4) is 0 Å². The summed E-state index contributed by atoms with van der Waals surface area (Å²) in [5.74, 6) is -0.307. The number of aliphatic hydroxyl groups is 1. The van der Waals surface area contributed by atoms with Gasteiger partial charge < -0.3 is 14.6 Å². The van der Waals surface area contributed by atoms with Gasteiger partial charge in [-0.15, -0.1) is 10.2 Å². The van der Waals surface area contributed by atoms with Crippen LogP contribution in [0.2, 0.25) is 0 Å². The first-order valence-electron chi connectivity index (χ1n) is 12.5. The second kappa shape index (κ2) is 8.34. The minimum Gasteiger partial charge on any atom is -0.388 e. The van der Waals surface area contributed by atoms with E-state index >= 15 is 4.39 Å². The third kappa shape index (κ3) is 4.08. The zero-order chi connectivity index (χ0) is 27.0. The van der Waals surface area contributed by atoms with Crippen molar-refractivity contribution in [1.82, 2.24) is 19.7 Å². The Morgan fingerprint density at radius 1 is 1.16 bits per heavy atom. The number of hydrogen-bond donors (Lipinski definition) is 1. The lowest BCUT2D eigenvalue weighted by Gasteiger charge is -2.44. The van der Waals surface area contributed by atoms with Gasteiger partial charge in [-0.3, -0.25) is 9.69 Å². The molecule has 3 aromatic rings. The molecule has 0 unspecified atom stereocenters. The first kappa shape index (κ1) is 25.0. The Labute approximate surface area is 216 Å². The van der Waals surface area contributed by atoms with E-state index in [2.05, 4.69) is 10.2 Å². The maximum atomic E-state index is 15.6. The second-order valence-corrected chi connectivity index (χ2v) is 11.1. The molecule has 1 aliphatic carbocycles. The number of amides is 1. The molecule has 1 saturated carbocycles. The van der Waals surface area contributed by atoms with Gasteiger partial charge >= 0.3 is 6.18 Å². The largest absolute Gasteiger partial charge is 0.416 e. The Kier molecular flexibility index (Phi) is 5.49. The normalized spacial score (nSPS) is 20.8. The van der Waals surface area contributed by atoms with Gasteiger partial charge in [0.1, 0.15) is 6.33 Å². The molecule has 0 spiro atoms. The van der Waals surface area contributed by atoms with E-state index in [-0.39, 0.29) is 30.0 Å². The van der Waals surface area contributed by atoms with Crippen LogP contribution in [0.3, 0.4) is 0 Å². The number of fused-ring (bicyclic) bond motifs is 1. The molecule has 7 nitrogen and oxygen atoms in total. The maximum absolute atomic E-state index is 15.6. The average Bonchev–Trinajstić information content (AvgIpc) is 3.44. The van der Waals surface area contributed by atoms with Crippen LogP contribution in [0.5, 0.6) is 0 Å². The average molecular weight is 530 g/mol. The van der Waals surface area contributed by atoms with Crippen LogP contribution in [0.4, 0.5) is 23.2 Å². The Morgan fingerprint density at radius 2 is 1.89 bits per heavy atom. The number of hydrogen-bond acceptors (Lipinski definition) is 5. The number of nitrogens with zero attached hydrogens (tertiary/aromatic N) is 5. The highest BCUT2D eigenvalue weighted by atomic mass is 19.4. The summed E-state index contributed by atoms with van der Waals surface area (Å²) >= 11 is 0. The molecular weight excluding hydrogens is 502 g/mol. The summed E-state index contributed by atoms with van der Waals surface area (Å²) < 4.78 is 59.4. The summed E-state index contributed by atoms with van der Waals surface area (Å²) in [5, 5.41) is 17.7. The van der Waals surface area contributed by atoms with Crippen molar-refractivity contribution in [2.24, 2.45) is 7.05 Å². The fourth-order valence-electron chi connectivity index (χ4n) is 5.88. The Bertz CT molecular complexity index is 1420. The van der Waals surface area contributed by atoms with Crippen LogP contribution in [0.15, 0.2) is 42.7 Å². The molecule has 1 aromatic heterocycles. The highest BCUT2D eigenvalue weighted by Crippen LogP contribution is 2.58. The fraction of sp³-hybridized carbons (Fsp3) is 0.444. The minimum absolute atomic E-state index is 0.0242. The molecule has 6 rings (SSSR count). The van der Waals surface area contributed by atoms with Crippen LogP contribution < -0.4 is 4.90 Å². The number of carbonyl (C=O) groups excluding carboxylic acids is 1. The summed E-state index contributed by atoms with van der Waals surface area (Å²) in [7, 11) is 1.67. The number of likely N-dealkylation sites (tertiary alicyclic amines) is 1. The van der Waals surface area contributed by atoms with E-state index in [1.54, 1.807) is 38.2 Å². The monoisotopic (exact) mass is 529 g/mol. The van der Waals surface area contributed by atoms with Gasteiger partial charge in [0.15, 0.2) is 12.0 Å². The van der Waals surface area contributed by atoms with E-state index in [1.807, 2.05) is 4.90 Å². The SMILES string of the molecule is Cn1cnnc1[C@H](F)C1(c2cccc(N3Cc4c(cc(CN5CC(C)(O)C5)cc4C(F)(F)F)C3=O)c2)CC1. The van der Waals surface area contributed by atoms with Gasteiger partial charge in [0.25, 0.3) is 5.91 Å². The maximum Gasteiger partial charge on any atom is 0.416 e. The molecule has 200 valence electrons. The van der Waals surface area contributed by atoms with Crippen molar-refractivity contribution in [3.63, 3.8) is 0 Å². The van der Waals surface area contributed by atoms with E-state index in [0.29, 0.717) is 42.7 Å². The molecule has 0 radical (unpaired) electrons. The molecule has 1 atom stereocenters. The van der Waals surface area contributed by atoms with Crippen LogP contribution in [0.1, 0.15) is 64.4 Å². The van der Waals surface area contributed by atoms with E-state index in [4.69, 9.17) is 0 Å². The van der Waals surface area contributed by atoms with Gasteiger partial charge in [0.2, 0.25) is 0 Å². The summed E-state index contributed by atoms with van der Waals surface area (Å²) in [6, 6.07) is 9.49. The first-order chi connectivity index (χ1) is 17.9. The first-order valence-corrected chi connectivity index (χ1v) is 12.5. The third-order valence-electron chi connectivity index (χ3n) is 7.92. The Hall–Kier alpha value is -3.31. The van der Waals surface area contributed by atoms with Crippen molar-refractivity contribution >= 4 is 11.6 Å². The van der Waals surface area contributed by atoms with Crippen LogP contribution in [0, 0.1) is 0 Å². The summed E-state index contributed by atoms with van der Waals surface area (Å²) in [6.45, 7) is 2.36. The van der Waals surface area contributed by atoms with E-state index in [0.717, 1.165) is 6.07 Å². The van der Waals surface area contributed by atoms with Crippen molar-refractivity contribution < 1.29 is 27.5 Å². The highest BCUT2D eigenvalue weighted by Gasteiger charge is 2.54. The number of aryl methyl sites for hydroxylation is 1. The number of halogens is 4. The lowest BCUT2D eigenvalue weighted by atomic mass is 9.90. The molecule has 2 aliphatic heterocycles. The minimum atomic E-state index is -4.63. The second-order valence-electron chi connectivity index (χ2n) is 11.1. The lowest BCUT2D eigenvalue weighted by Crippen LogP contribution is -2.59. The molecule has 0 bridgehead atoms. The molecule has 1 saturated heterocycles. The topological polar surface area (TPSA) is 74.5 Å². The summed E-state index contributed by atoms with van der Waals surface area (Å²) in [4.78, 5) is 16.6. The predicted octanol–water partition coefficient (Wildman–Crippen LogP) is 4.30. The molecule has 11 heteroatoms. The van der Waals surface area contributed by atoms with Crippen molar-refractivity contribution in [3.05, 3.63) is 76.4 Å². The fourth-order valence-corrected chi connectivity index (χ4v) is 5.88. The van der Waals surface area contributed by atoms with Gasteiger partial charge in [-0.1, -0.05) is 12.1 Å². The summed E-state index contributed by atoms with van der Waals surface area (Å²) in [5.41, 5.74) is -1.05. The molecule has 1 amide bonds. The van der Waals surface area contributed by atoms with Crippen molar-refractivity contribution in [2.75, 3.05) is 18.0 Å². The summed E-state index contributed by atoms with van der Waals surface area (Å²) in [6.07, 6.45) is -3.43. The Balaban J connectivity index is 1.31. The number of rotatable bonds is 6. The standard InChI is InChI=1S/C27H27F4N5O2/c1-25(38)13-35(14-25)11-16-8-19-20(21(9-16)27(29,30)31)12-36(24(19)37)18-5-3-4-17(10-18)26(6-7-26)22(28)23-33-32-15-34(23)2/h3-5,8-10,15,22,38H,6-7,11-14H2,1-2H3/t22-/m0/s1. The van der Waals surface area contributed by atoms with Crippen LogP contribution in [0.25, 0.3) is 0 Å². The van der Waals surface area contributed by atoms with E-state index in [1.165, 1.54) is 21.9 Å². The Morgan fingerprint density at radius 3 is 2.50 bits per heavy atom. The number of aromatic nitrogens is 3. The van der Waals surface area contributed by atoms with Gasteiger partial charge in [-0.2, -0.15) is 13.2 Å². The number of anilines is 1. The van der Waals surface area contributed by atoms with E-state index < -0.39 is 34.8 Å². The molecule has 2 fully saturated rings. The van der Waals surface area contributed by atoms with Crippen LogP contribution in [-0.4, -0.2) is 49.4 Å². The van der Waals surface area contributed by atoms with Gasteiger partial charge in [-0.05, 0) is 60.7 Å². The zero-order valence-corrected chi connectivity index (χ0v) is 21.0. The molecular formula is C27H27F4N5O2. The molecule has 3 heterocycles. The van der Waals surface area contributed by atoms with Crippen LogP contribution in [-0.2, 0) is 31.7 Å². The van der Waals surface area contributed by atoms with Crippen LogP contribution >= 0.6 is 0 Å². The predicted molar refractivity (Wildman–Crippen MR) is 130 cm³/mol. The number of β-amino-alcohol motifs (C(OH)–C–C–N with tert-alkyl or cyclic N) is 1. The third-order valence-corrected chi connectivity index (χ3v) is 7.92. The highest BCUT2D eigenvalue weighted by molar-refractivity contribution is 6.10. The molecule has 1 N–H and O–H groups in total. The van der Waals surface area contributed by atoms with Gasteiger partial charge in [0.05, 0.1) is 17.7 Å². The molecule has 3 aliphatic rings. The van der Waals surface area contributed by atoms with Gasteiger partial charge in [-0.25, -0.2) is 4.39 Å². The molecule has 2 aromatic carbocycles. The smallest absolute Gasteiger partial charge is 0.388 e. The number of alkyl halides is 4. The van der Waals surface area contributed by atoms with Crippen molar-refractivity contribution in [2.45, 2.75) is 56.2 Å². The number of benzene rings is 2. The zero-order valence-electron chi connectivity index (χ0n) is 21.0. The quantitative estimate of drug-likeness (QED) is 0.482. The molecule has 38 heavy (non-hydrogen) atoms. The van der Waals surface area contributed by atoms with Gasteiger partial charge in [0, 0.05) is 43.3 Å².